The van der Waals surface area contributed by atoms with E-state index in [1.807, 2.05) is 0 Å². The van der Waals surface area contributed by atoms with Crippen LogP contribution in [0.1, 0.15) is 10.4 Å². The summed E-state index contributed by atoms with van der Waals surface area (Å²) in [5.41, 5.74) is 0.141. The largest absolute Gasteiger partial charge is 0.475 e. The topological polar surface area (TPSA) is 104 Å². The van der Waals surface area contributed by atoms with Gasteiger partial charge in [0.2, 0.25) is 5.88 Å². The number of amides is 1. The van der Waals surface area contributed by atoms with Crippen LogP contribution in [-0.2, 0) is 4.74 Å². The third kappa shape index (κ3) is 4.48. The number of benzene rings is 1. The molecule has 0 saturated carbocycles. The standard InChI is InChI=1S/C15H15N3O5/c1-22-8-9-23-14-7-6-11(10-16-14)17-15(19)12-4-2-3-5-13(12)18(20)21/h2-7,10H,8-9H2,1H3,(H,17,19). The monoisotopic (exact) mass is 317 g/mol. The number of nitro groups is 1. The SMILES string of the molecule is COCCOc1ccc(NC(=O)c2ccccc2[N+](=O)[O-])cn1. The Morgan fingerprint density at radius 2 is 2.04 bits per heavy atom. The van der Waals surface area contributed by atoms with E-state index in [-0.39, 0.29) is 11.3 Å². The van der Waals surface area contributed by atoms with Gasteiger partial charge in [-0.15, -0.1) is 0 Å². The number of carbonyl (C=O) groups excluding carboxylic acids is 1. The van der Waals surface area contributed by atoms with E-state index in [0.29, 0.717) is 24.8 Å². The first-order chi connectivity index (χ1) is 11.1. The summed E-state index contributed by atoms with van der Waals surface area (Å²) in [4.78, 5) is 26.5. The number of nitro benzene ring substituents is 1. The van der Waals surface area contributed by atoms with Crippen molar-refractivity contribution in [2.75, 3.05) is 25.6 Å². The number of nitrogens with zero attached hydrogens (tertiary/aromatic N) is 2. The smallest absolute Gasteiger partial charge is 0.282 e. The van der Waals surface area contributed by atoms with Gasteiger partial charge in [-0.1, -0.05) is 12.1 Å². The van der Waals surface area contributed by atoms with E-state index in [1.54, 1.807) is 25.3 Å². The van der Waals surface area contributed by atoms with E-state index < -0.39 is 10.8 Å². The van der Waals surface area contributed by atoms with Crippen molar-refractivity contribution in [2.45, 2.75) is 0 Å². The van der Waals surface area contributed by atoms with Crippen molar-refractivity contribution < 1.29 is 19.2 Å². The summed E-state index contributed by atoms with van der Waals surface area (Å²) in [6, 6.07) is 8.92. The highest BCUT2D eigenvalue weighted by Gasteiger charge is 2.19. The number of aromatic nitrogens is 1. The summed E-state index contributed by atoms with van der Waals surface area (Å²) in [7, 11) is 1.57. The third-order valence-electron chi connectivity index (χ3n) is 2.88. The molecule has 1 aromatic heterocycles. The lowest BCUT2D eigenvalue weighted by Gasteiger charge is -2.07. The number of hydrogen-bond donors (Lipinski definition) is 1. The molecule has 1 aromatic carbocycles. The van der Waals surface area contributed by atoms with E-state index in [0.717, 1.165) is 0 Å². The highest BCUT2D eigenvalue weighted by atomic mass is 16.6. The number of methoxy groups -OCH3 is 1. The maximum atomic E-state index is 12.1. The van der Waals surface area contributed by atoms with Gasteiger partial charge in [0.25, 0.3) is 11.6 Å². The van der Waals surface area contributed by atoms with Gasteiger partial charge in [-0.2, -0.15) is 0 Å². The van der Waals surface area contributed by atoms with Gasteiger partial charge in [0.15, 0.2) is 0 Å². The maximum absolute atomic E-state index is 12.1. The molecule has 0 unspecified atom stereocenters. The second-order valence-electron chi connectivity index (χ2n) is 4.45. The highest BCUT2D eigenvalue weighted by molar-refractivity contribution is 6.06. The van der Waals surface area contributed by atoms with Crippen LogP contribution in [0.25, 0.3) is 0 Å². The fourth-order valence-electron chi connectivity index (χ4n) is 1.79. The number of pyridine rings is 1. The van der Waals surface area contributed by atoms with E-state index in [4.69, 9.17) is 9.47 Å². The van der Waals surface area contributed by atoms with Gasteiger partial charge in [-0.05, 0) is 12.1 Å². The molecule has 0 fully saturated rings. The molecule has 1 heterocycles. The van der Waals surface area contributed by atoms with E-state index in [9.17, 15) is 14.9 Å². The number of carbonyl (C=O) groups is 1. The molecule has 0 saturated heterocycles. The predicted octanol–water partition coefficient (Wildman–Crippen LogP) is 2.27. The fraction of sp³-hybridized carbons (Fsp3) is 0.200. The fourth-order valence-corrected chi connectivity index (χ4v) is 1.79. The number of para-hydroxylation sites is 1. The molecule has 0 bridgehead atoms. The molecule has 0 spiro atoms. The summed E-state index contributed by atoms with van der Waals surface area (Å²) in [5.74, 6) is -0.183. The third-order valence-corrected chi connectivity index (χ3v) is 2.88. The summed E-state index contributed by atoms with van der Waals surface area (Å²) in [6.07, 6.45) is 1.41. The first kappa shape index (κ1) is 16.4. The van der Waals surface area contributed by atoms with E-state index >= 15 is 0 Å². The highest BCUT2D eigenvalue weighted by Crippen LogP contribution is 2.19. The van der Waals surface area contributed by atoms with Gasteiger partial charge in [0, 0.05) is 19.2 Å². The van der Waals surface area contributed by atoms with Gasteiger partial charge in [-0.3, -0.25) is 14.9 Å². The molecule has 8 heteroatoms. The van der Waals surface area contributed by atoms with Crippen LogP contribution in [0.2, 0.25) is 0 Å². The first-order valence-electron chi connectivity index (χ1n) is 6.74. The van der Waals surface area contributed by atoms with Crippen LogP contribution in [0, 0.1) is 10.1 Å². The minimum atomic E-state index is -0.597. The molecule has 0 radical (unpaired) electrons. The molecule has 120 valence electrons. The molecule has 1 N–H and O–H groups in total. The van der Waals surface area contributed by atoms with Gasteiger partial charge in [0.05, 0.1) is 23.4 Å². The van der Waals surface area contributed by atoms with Crippen LogP contribution in [-0.4, -0.2) is 36.1 Å². The lowest BCUT2D eigenvalue weighted by Crippen LogP contribution is -2.14. The van der Waals surface area contributed by atoms with Crippen LogP contribution >= 0.6 is 0 Å². The molecule has 0 aliphatic rings. The zero-order valence-corrected chi connectivity index (χ0v) is 12.4. The molecule has 0 atom stereocenters. The number of rotatable bonds is 7. The van der Waals surface area contributed by atoms with E-state index in [2.05, 4.69) is 10.3 Å². The zero-order valence-electron chi connectivity index (χ0n) is 12.4. The van der Waals surface area contributed by atoms with Crippen molar-refractivity contribution in [1.82, 2.24) is 4.98 Å². The average molecular weight is 317 g/mol. The van der Waals surface area contributed by atoms with Crippen molar-refractivity contribution in [1.29, 1.82) is 0 Å². The summed E-state index contributed by atoms with van der Waals surface area (Å²) in [6.45, 7) is 0.809. The molecular weight excluding hydrogens is 302 g/mol. The minimum absolute atomic E-state index is 0.0158. The number of anilines is 1. The average Bonchev–Trinajstić information content (AvgIpc) is 2.56. The van der Waals surface area contributed by atoms with Gasteiger partial charge < -0.3 is 14.8 Å². The molecule has 2 aromatic rings. The summed E-state index contributed by atoms with van der Waals surface area (Å²) in [5, 5.41) is 13.5. The number of hydrogen-bond acceptors (Lipinski definition) is 6. The molecule has 0 aliphatic heterocycles. The Kier molecular flexibility index (Phi) is 5.59. The van der Waals surface area contributed by atoms with Gasteiger partial charge in [-0.25, -0.2) is 4.98 Å². The molecule has 2 rings (SSSR count). The van der Waals surface area contributed by atoms with Crippen LogP contribution in [0.3, 0.4) is 0 Å². The quantitative estimate of drug-likeness (QED) is 0.477. The van der Waals surface area contributed by atoms with Crippen LogP contribution < -0.4 is 10.1 Å². The van der Waals surface area contributed by atoms with Crippen molar-refractivity contribution >= 4 is 17.3 Å². The first-order valence-corrected chi connectivity index (χ1v) is 6.74. The van der Waals surface area contributed by atoms with Crippen LogP contribution in [0.15, 0.2) is 42.6 Å². The molecule has 23 heavy (non-hydrogen) atoms. The van der Waals surface area contributed by atoms with Crippen LogP contribution in [0.5, 0.6) is 5.88 Å². The molecule has 8 nitrogen and oxygen atoms in total. The Hall–Kier alpha value is -3.00. The predicted molar refractivity (Wildman–Crippen MR) is 82.7 cm³/mol. The Bertz CT molecular complexity index is 688. The van der Waals surface area contributed by atoms with Crippen molar-refractivity contribution in [3.8, 4) is 5.88 Å². The Morgan fingerprint density at radius 3 is 2.70 bits per heavy atom. The Morgan fingerprint density at radius 1 is 1.26 bits per heavy atom. The second kappa shape index (κ2) is 7.85. The van der Waals surface area contributed by atoms with Gasteiger partial charge in [0.1, 0.15) is 12.2 Å². The Labute approximate surface area is 132 Å². The van der Waals surface area contributed by atoms with Crippen molar-refractivity contribution in [2.24, 2.45) is 0 Å². The van der Waals surface area contributed by atoms with E-state index in [1.165, 1.54) is 24.4 Å². The summed E-state index contributed by atoms with van der Waals surface area (Å²) >= 11 is 0. The van der Waals surface area contributed by atoms with Gasteiger partial charge >= 0.3 is 0 Å². The minimum Gasteiger partial charge on any atom is -0.475 e. The molecular formula is C15H15N3O5. The van der Waals surface area contributed by atoms with Crippen molar-refractivity contribution in [3.05, 3.63) is 58.3 Å². The lowest BCUT2D eigenvalue weighted by molar-refractivity contribution is -0.385. The second-order valence-corrected chi connectivity index (χ2v) is 4.45. The maximum Gasteiger partial charge on any atom is 0.282 e. The normalized spacial score (nSPS) is 10.1. The number of nitrogens with one attached hydrogen (secondary N) is 1. The summed E-state index contributed by atoms with van der Waals surface area (Å²) < 4.78 is 10.2. The zero-order chi connectivity index (χ0) is 16.7. The van der Waals surface area contributed by atoms with Crippen LogP contribution in [0.4, 0.5) is 11.4 Å². The van der Waals surface area contributed by atoms with Crippen molar-refractivity contribution in [3.63, 3.8) is 0 Å². The number of ether oxygens (including phenoxy) is 2. The molecule has 0 aliphatic carbocycles. The Balaban J connectivity index is 2.05. The lowest BCUT2D eigenvalue weighted by atomic mass is 10.1. The molecule has 1 amide bonds.